The highest BCUT2D eigenvalue weighted by atomic mass is 16.5. The van der Waals surface area contributed by atoms with Crippen molar-refractivity contribution >= 4 is 17.7 Å². The van der Waals surface area contributed by atoms with E-state index in [1.54, 1.807) is 0 Å². The summed E-state index contributed by atoms with van der Waals surface area (Å²) in [4.78, 5) is 26.9. The van der Waals surface area contributed by atoms with E-state index in [-0.39, 0.29) is 18.5 Å². The van der Waals surface area contributed by atoms with Crippen LogP contribution >= 0.6 is 0 Å². The predicted octanol–water partition coefficient (Wildman–Crippen LogP) is 0.563. The van der Waals surface area contributed by atoms with Crippen LogP contribution in [-0.4, -0.2) is 84.5 Å². The third-order valence-electron chi connectivity index (χ3n) is 7.30. The normalized spacial score (nSPS) is 29.4. The number of carbonyl (C=O) groups excluding carboxylic acids is 1. The van der Waals surface area contributed by atoms with Gasteiger partial charge in [0, 0.05) is 57.1 Å². The summed E-state index contributed by atoms with van der Waals surface area (Å²) in [5.74, 6) is 1.53. The highest BCUT2D eigenvalue weighted by Gasteiger charge is 2.52. The van der Waals surface area contributed by atoms with E-state index < -0.39 is 5.41 Å². The number of carbonyl (C=O) groups is 1. The number of morpholine rings is 1. The largest absolute Gasteiger partial charge is 0.396 e. The van der Waals surface area contributed by atoms with E-state index in [0.717, 1.165) is 70.0 Å². The number of hydrogen-bond acceptors (Lipinski definition) is 8. The summed E-state index contributed by atoms with van der Waals surface area (Å²) in [6.45, 7) is 7.59. The number of aliphatic hydroxyl groups excluding tert-OH is 1. The standard InChI is InChI=1S/C22H36N6O3/c1-16-13-19(26-21(23)25-16)28-7-4-17-14-18(27-8-11-31-12-9-27)3-5-22(17,15-28)20(30)24-6-2-10-29/h13,17-18,29H,2-12,14-15H2,1H3,(H,24,30)(H2,23,25,26)/t17-,18+,22-/m1/s1. The van der Waals surface area contributed by atoms with Crippen LogP contribution in [0, 0.1) is 18.3 Å². The zero-order valence-corrected chi connectivity index (χ0v) is 18.6. The molecule has 0 unspecified atom stereocenters. The van der Waals surface area contributed by atoms with Crippen molar-refractivity contribution in [2.75, 3.05) is 63.2 Å². The fraction of sp³-hybridized carbons (Fsp3) is 0.773. The Morgan fingerprint density at radius 1 is 1.32 bits per heavy atom. The Balaban J connectivity index is 1.54. The molecule has 9 nitrogen and oxygen atoms in total. The molecule has 172 valence electrons. The molecule has 1 aromatic heterocycles. The summed E-state index contributed by atoms with van der Waals surface area (Å²) in [5.41, 5.74) is 6.30. The second-order valence-corrected chi connectivity index (χ2v) is 9.20. The van der Waals surface area contributed by atoms with E-state index in [2.05, 4.69) is 25.1 Å². The molecule has 4 rings (SSSR count). The molecule has 3 atom stereocenters. The minimum absolute atomic E-state index is 0.0847. The Labute approximate surface area is 184 Å². The van der Waals surface area contributed by atoms with Crippen LogP contribution in [0.2, 0.25) is 0 Å². The molecule has 0 radical (unpaired) electrons. The van der Waals surface area contributed by atoms with Gasteiger partial charge in [-0.25, -0.2) is 4.98 Å². The van der Waals surface area contributed by atoms with E-state index in [9.17, 15) is 4.79 Å². The van der Waals surface area contributed by atoms with Crippen molar-refractivity contribution in [2.45, 2.75) is 45.1 Å². The van der Waals surface area contributed by atoms with Crippen LogP contribution in [0.25, 0.3) is 0 Å². The molecule has 4 N–H and O–H groups in total. The first-order valence-corrected chi connectivity index (χ1v) is 11.6. The van der Waals surface area contributed by atoms with Gasteiger partial charge in [0.2, 0.25) is 11.9 Å². The van der Waals surface area contributed by atoms with Gasteiger partial charge in [0.15, 0.2) is 0 Å². The summed E-state index contributed by atoms with van der Waals surface area (Å²) in [5, 5.41) is 12.3. The summed E-state index contributed by atoms with van der Waals surface area (Å²) in [6.07, 6.45) is 4.46. The van der Waals surface area contributed by atoms with Gasteiger partial charge in [-0.3, -0.25) is 9.69 Å². The smallest absolute Gasteiger partial charge is 0.228 e. The number of nitrogen functional groups attached to an aromatic ring is 1. The predicted molar refractivity (Wildman–Crippen MR) is 119 cm³/mol. The van der Waals surface area contributed by atoms with Crippen molar-refractivity contribution in [2.24, 2.45) is 11.3 Å². The van der Waals surface area contributed by atoms with Crippen LogP contribution in [0.4, 0.5) is 11.8 Å². The molecule has 9 heteroatoms. The molecule has 3 heterocycles. The Morgan fingerprint density at radius 2 is 2.13 bits per heavy atom. The molecule has 3 fully saturated rings. The highest BCUT2D eigenvalue weighted by molar-refractivity contribution is 5.84. The van der Waals surface area contributed by atoms with E-state index in [0.29, 0.717) is 31.5 Å². The minimum atomic E-state index is -0.440. The van der Waals surface area contributed by atoms with Crippen molar-refractivity contribution in [3.8, 4) is 0 Å². The van der Waals surface area contributed by atoms with E-state index >= 15 is 0 Å². The first-order chi connectivity index (χ1) is 15.0. The summed E-state index contributed by atoms with van der Waals surface area (Å²) in [6, 6.07) is 2.48. The number of ether oxygens (including phenoxy) is 1. The van der Waals surface area contributed by atoms with Gasteiger partial charge in [-0.2, -0.15) is 4.98 Å². The SMILES string of the molecule is Cc1cc(N2CC[C@@H]3C[C@@H](N4CCOCC4)CC[C@@]3(C(=O)NCCCO)C2)nc(N)n1. The van der Waals surface area contributed by atoms with E-state index in [4.69, 9.17) is 15.6 Å². The molecule has 1 aliphatic carbocycles. The van der Waals surface area contributed by atoms with Gasteiger partial charge >= 0.3 is 0 Å². The molecule has 3 aliphatic rings. The third kappa shape index (κ3) is 4.78. The molecular formula is C22H36N6O3. The van der Waals surface area contributed by atoms with Gasteiger partial charge in [-0.1, -0.05) is 0 Å². The Hall–Kier alpha value is -1.97. The Morgan fingerprint density at radius 3 is 2.87 bits per heavy atom. The van der Waals surface area contributed by atoms with Crippen LogP contribution in [0.3, 0.4) is 0 Å². The number of hydrogen-bond donors (Lipinski definition) is 3. The van der Waals surface area contributed by atoms with Gasteiger partial charge in [0.1, 0.15) is 5.82 Å². The average Bonchev–Trinajstić information content (AvgIpc) is 2.78. The fourth-order valence-corrected chi connectivity index (χ4v) is 5.67. The second-order valence-electron chi connectivity index (χ2n) is 9.20. The van der Waals surface area contributed by atoms with Crippen LogP contribution in [-0.2, 0) is 9.53 Å². The molecule has 2 saturated heterocycles. The fourth-order valence-electron chi connectivity index (χ4n) is 5.67. The molecule has 1 amide bonds. The summed E-state index contributed by atoms with van der Waals surface area (Å²) < 4.78 is 5.54. The van der Waals surface area contributed by atoms with Gasteiger partial charge < -0.3 is 25.8 Å². The minimum Gasteiger partial charge on any atom is -0.396 e. The third-order valence-corrected chi connectivity index (χ3v) is 7.30. The van der Waals surface area contributed by atoms with Crippen molar-refractivity contribution < 1.29 is 14.6 Å². The molecule has 0 aromatic carbocycles. The molecule has 2 aliphatic heterocycles. The molecule has 1 aromatic rings. The van der Waals surface area contributed by atoms with E-state index in [1.165, 1.54) is 0 Å². The van der Waals surface area contributed by atoms with Gasteiger partial charge in [0.25, 0.3) is 0 Å². The lowest BCUT2D eigenvalue weighted by atomic mass is 9.61. The Bertz CT molecular complexity index is 751. The lowest BCUT2D eigenvalue weighted by Gasteiger charge is -2.53. The first-order valence-electron chi connectivity index (χ1n) is 11.6. The summed E-state index contributed by atoms with van der Waals surface area (Å²) >= 11 is 0. The molecular weight excluding hydrogens is 396 g/mol. The number of aromatic nitrogens is 2. The number of piperidine rings is 1. The molecule has 0 bridgehead atoms. The number of aliphatic hydroxyl groups is 1. The lowest BCUT2D eigenvalue weighted by molar-refractivity contribution is -0.139. The van der Waals surface area contributed by atoms with Crippen LogP contribution in [0.15, 0.2) is 6.07 Å². The average molecular weight is 433 g/mol. The van der Waals surface area contributed by atoms with Gasteiger partial charge in [0.05, 0.1) is 18.6 Å². The quantitative estimate of drug-likeness (QED) is 0.559. The Kier molecular flexibility index (Phi) is 6.93. The van der Waals surface area contributed by atoms with Crippen molar-refractivity contribution in [1.29, 1.82) is 0 Å². The number of aryl methyl sites for hydroxylation is 1. The maximum absolute atomic E-state index is 13.5. The van der Waals surface area contributed by atoms with Crippen LogP contribution < -0.4 is 16.0 Å². The monoisotopic (exact) mass is 432 g/mol. The topological polar surface area (TPSA) is 117 Å². The van der Waals surface area contributed by atoms with Crippen LogP contribution in [0.1, 0.15) is 37.8 Å². The molecule has 1 saturated carbocycles. The molecule has 0 spiro atoms. The number of nitrogens with two attached hydrogens (primary N) is 1. The van der Waals surface area contributed by atoms with Crippen molar-refractivity contribution in [3.05, 3.63) is 11.8 Å². The zero-order valence-electron chi connectivity index (χ0n) is 18.6. The second kappa shape index (κ2) is 9.67. The lowest BCUT2D eigenvalue weighted by Crippen LogP contribution is -2.61. The van der Waals surface area contributed by atoms with Crippen LogP contribution in [0.5, 0.6) is 0 Å². The number of rotatable bonds is 6. The highest BCUT2D eigenvalue weighted by Crippen LogP contribution is 2.48. The van der Waals surface area contributed by atoms with Gasteiger partial charge in [-0.15, -0.1) is 0 Å². The summed E-state index contributed by atoms with van der Waals surface area (Å²) in [7, 11) is 0. The van der Waals surface area contributed by atoms with Crippen molar-refractivity contribution in [1.82, 2.24) is 20.2 Å². The van der Waals surface area contributed by atoms with Gasteiger partial charge in [-0.05, 0) is 44.9 Å². The number of nitrogens with one attached hydrogen (secondary N) is 1. The molecule has 31 heavy (non-hydrogen) atoms. The number of amides is 1. The maximum atomic E-state index is 13.5. The van der Waals surface area contributed by atoms with E-state index in [1.807, 2.05) is 13.0 Å². The number of fused-ring (bicyclic) bond motifs is 1. The maximum Gasteiger partial charge on any atom is 0.228 e. The van der Waals surface area contributed by atoms with Crippen molar-refractivity contribution in [3.63, 3.8) is 0 Å². The zero-order chi connectivity index (χ0) is 21.8. The first kappa shape index (κ1) is 22.2. The number of nitrogens with zero attached hydrogens (tertiary/aromatic N) is 4. The number of anilines is 2.